The lowest BCUT2D eigenvalue weighted by molar-refractivity contribution is 0.775. The fraction of sp³-hybridized carbons (Fsp3) is 0.417. The largest absolute Gasteiger partial charge is 0.310 e. The first kappa shape index (κ1) is 11.6. The first-order valence-electron chi connectivity index (χ1n) is 5.89. The van der Waals surface area contributed by atoms with Crippen molar-refractivity contribution in [2.45, 2.75) is 32.6 Å². The summed E-state index contributed by atoms with van der Waals surface area (Å²) >= 11 is 3.48. The first-order chi connectivity index (χ1) is 8.56. The van der Waals surface area contributed by atoms with E-state index < -0.39 is 0 Å². The molecule has 0 unspecified atom stereocenters. The zero-order chi connectivity index (χ0) is 12.9. The maximum Gasteiger partial charge on any atom is 0.253 e. The molecule has 1 N–H and O–H groups in total. The van der Waals surface area contributed by atoms with Crippen molar-refractivity contribution in [3.63, 3.8) is 0 Å². The van der Waals surface area contributed by atoms with Crippen molar-refractivity contribution in [1.29, 1.82) is 0 Å². The number of hydrogen-bond acceptors (Lipinski definition) is 3. The molecule has 2 aromatic heterocycles. The molecule has 0 radical (unpaired) electrons. The third kappa shape index (κ3) is 1.90. The van der Waals surface area contributed by atoms with E-state index in [2.05, 4.69) is 31.0 Å². The SMILES string of the molecule is Cc1nn(-c2cc(=O)[nH]c(C3CC3)n2)c(C)c1Br. The predicted octanol–water partition coefficient (Wildman–Crippen LogP) is 2.21. The summed E-state index contributed by atoms with van der Waals surface area (Å²) in [4.78, 5) is 19.0. The van der Waals surface area contributed by atoms with Gasteiger partial charge in [-0.1, -0.05) is 0 Å². The lowest BCUT2D eigenvalue weighted by atomic mass is 10.4. The van der Waals surface area contributed by atoms with Gasteiger partial charge in [0, 0.05) is 12.0 Å². The van der Waals surface area contributed by atoms with Gasteiger partial charge in [0.15, 0.2) is 5.82 Å². The van der Waals surface area contributed by atoms with Crippen molar-refractivity contribution in [2.24, 2.45) is 0 Å². The molecule has 0 spiro atoms. The van der Waals surface area contributed by atoms with Crippen LogP contribution in [0.2, 0.25) is 0 Å². The Kier molecular flexibility index (Phi) is 2.62. The van der Waals surface area contributed by atoms with Gasteiger partial charge in [0.1, 0.15) is 5.82 Å². The van der Waals surface area contributed by atoms with Crippen molar-refractivity contribution in [1.82, 2.24) is 19.7 Å². The molecule has 1 aliphatic rings. The van der Waals surface area contributed by atoms with E-state index in [0.29, 0.717) is 11.7 Å². The van der Waals surface area contributed by atoms with E-state index >= 15 is 0 Å². The summed E-state index contributed by atoms with van der Waals surface area (Å²) in [5.74, 6) is 1.78. The quantitative estimate of drug-likeness (QED) is 0.925. The molecule has 94 valence electrons. The molecule has 2 aromatic rings. The zero-order valence-electron chi connectivity index (χ0n) is 10.2. The molecule has 0 bridgehead atoms. The Labute approximate surface area is 112 Å². The Morgan fingerprint density at radius 2 is 2.17 bits per heavy atom. The monoisotopic (exact) mass is 308 g/mol. The minimum absolute atomic E-state index is 0.120. The summed E-state index contributed by atoms with van der Waals surface area (Å²) < 4.78 is 2.66. The van der Waals surface area contributed by atoms with Gasteiger partial charge in [-0.15, -0.1) is 0 Å². The van der Waals surface area contributed by atoms with Crippen molar-refractivity contribution >= 4 is 15.9 Å². The fourth-order valence-electron chi connectivity index (χ4n) is 1.97. The molecule has 1 saturated carbocycles. The molecule has 0 atom stereocenters. The highest BCUT2D eigenvalue weighted by molar-refractivity contribution is 9.10. The second-order valence-corrected chi connectivity index (χ2v) is 5.45. The molecule has 1 fully saturated rings. The smallest absolute Gasteiger partial charge is 0.253 e. The van der Waals surface area contributed by atoms with Crippen LogP contribution >= 0.6 is 15.9 Å². The number of H-pyrrole nitrogens is 1. The lowest BCUT2D eigenvalue weighted by Crippen LogP contribution is -2.14. The molecule has 18 heavy (non-hydrogen) atoms. The van der Waals surface area contributed by atoms with Crippen LogP contribution in [0.25, 0.3) is 5.82 Å². The molecule has 5 nitrogen and oxygen atoms in total. The van der Waals surface area contributed by atoms with Crippen LogP contribution in [-0.4, -0.2) is 19.7 Å². The molecule has 6 heteroatoms. The van der Waals surface area contributed by atoms with Crippen LogP contribution in [0.1, 0.15) is 36.0 Å². The van der Waals surface area contributed by atoms with Crippen LogP contribution in [0.5, 0.6) is 0 Å². The van der Waals surface area contributed by atoms with Crippen molar-refractivity contribution < 1.29 is 0 Å². The Balaban J connectivity index is 2.16. The highest BCUT2D eigenvalue weighted by Gasteiger charge is 2.27. The van der Waals surface area contributed by atoms with E-state index in [1.165, 1.54) is 6.07 Å². The number of aryl methyl sites for hydroxylation is 1. The molecule has 1 aliphatic carbocycles. The Morgan fingerprint density at radius 1 is 1.44 bits per heavy atom. The summed E-state index contributed by atoms with van der Waals surface area (Å²) in [5, 5.41) is 4.40. The van der Waals surface area contributed by atoms with Crippen molar-refractivity contribution in [2.75, 3.05) is 0 Å². The van der Waals surface area contributed by atoms with Gasteiger partial charge in [-0.3, -0.25) is 4.79 Å². The van der Waals surface area contributed by atoms with Crippen LogP contribution in [0.4, 0.5) is 0 Å². The minimum Gasteiger partial charge on any atom is -0.310 e. The van der Waals surface area contributed by atoms with Crippen molar-refractivity contribution in [3.8, 4) is 5.82 Å². The topological polar surface area (TPSA) is 63.6 Å². The molecule has 0 amide bonds. The van der Waals surface area contributed by atoms with Gasteiger partial charge in [-0.05, 0) is 42.6 Å². The highest BCUT2D eigenvalue weighted by Crippen LogP contribution is 2.37. The number of aromatic amines is 1. The van der Waals surface area contributed by atoms with Crippen molar-refractivity contribution in [3.05, 3.63) is 38.1 Å². The molecule has 0 aromatic carbocycles. The van der Waals surface area contributed by atoms with Gasteiger partial charge in [0.2, 0.25) is 0 Å². The van der Waals surface area contributed by atoms with Gasteiger partial charge < -0.3 is 4.98 Å². The normalized spacial score (nSPS) is 15.1. The van der Waals surface area contributed by atoms with Gasteiger partial charge in [-0.2, -0.15) is 5.10 Å². The Morgan fingerprint density at radius 3 is 2.72 bits per heavy atom. The van der Waals surface area contributed by atoms with Gasteiger partial charge in [0.25, 0.3) is 5.56 Å². The Bertz CT molecular complexity index is 669. The first-order valence-corrected chi connectivity index (χ1v) is 6.69. The zero-order valence-corrected chi connectivity index (χ0v) is 11.8. The number of nitrogens with one attached hydrogen (secondary N) is 1. The summed E-state index contributed by atoms with van der Waals surface area (Å²) in [6, 6.07) is 1.48. The highest BCUT2D eigenvalue weighted by atomic mass is 79.9. The van der Waals surface area contributed by atoms with E-state index in [9.17, 15) is 4.79 Å². The predicted molar refractivity (Wildman–Crippen MR) is 71.1 cm³/mol. The molecular formula is C12H13BrN4O. The number of nitrogens with zero attached hydrogens (tertiary/aromatic N) is 3. The maximum absolute atomic E-state index is 11.7. The lowest BCUT2D eigenvalue weighted by Gasteiger charge is -2.05. The summed E-state index contributed by atoms with van der Waals surface area (Å²) in [6.07, 6.45) is 2.21. The average Bonchev–Trinajstić information content (AvgIpc) is 3.13. The summed E-state index contributed by atoms with van der Waals surface area (Å²) in [5.41, 5.74) is 1.72. The molecule has 3 rings (SSSR count). The number of rotatable bonds is 2. The third-order valence-electron chi connectivity index (χ3n) is 3.13. The van der Waals surface area contributed by atoms with Gasteiger partial charge >= 0.3 is 0 Å². The second-order valence-electron chi connectivity index (χ2n) is 4.66. The van der Waals surface area contributed by atoms with Crippen LogP contribution in [0.3, 0.4) is 0 Å². The maximum atomic E-state index is 11.7. The number of halogens is 1. The Hall–Kier alpha value is -1.43. The average molecular weight is 309 g/mol. The van der Waals surface area contributed by atoms with E-state index in [1.807, 2.05) is 13.8 Å². The van der Waals surface area contributed by atoms with E-state index in [1.54, 1.807) is 4.68 Å². The van der Waals surface area contributed by atoms with Gasteiger partial charge in [-0.25, -0.2) is 9.67 Å². The van der Waals surface area contributed by atoms with Crippen LogP contribution in [0, 0.1) is 13.8 Å². The standard InChI is InChI=1S/C12H13BrN4O/c1-6-11(13)7(2)17(16-6)9-5-10(18)15-12(14-9)8-3-4-8/h5,8H,3-4H2,1-2H3,(H,14,15,18). The second kappa shape index (κ2) is 4.05. The summed E-state index contributed by atoms with van der Waals surface area (Å²) in [6.45, 7) is 3.87. The van der Waals surface area contributed by atoms with E-state index in [0.717, 1.165) is 34.5 Å². The van der Waals surface area contributed by atoms with E-state index in [4.69, 9.17) is 0 Å². The minimum atomic E-state index is -0.120. The van der Waals surface area contributed by atoms with Crippen LogP contribution < -0.4 is 5.56 Å². The molecule has 2 heterocycles. The van der Waals surface area contributed by atoms with E-state index in [-0.39, 0.29) is 5.56 Å². The van der Waals surface area contributed by atoms with Crippen LogP contribution in [0.15, 0.2) is 15.3 Å². The number of hydrogen-bond donors (Lipinski definition) is 1. The molecular weight excluding hydrogens is 296 g/mol. The molecule has 0 aliphatic heterocycles. The van der Waals surface area contributed by atoms with Gasteiger partial charge in [0.05, 0.1) is 15.9 Å². The molecule has 0 saturated heterocycles. The summed E-state index contributed by atoms with van der Waals surface area (Å²) in [7, 11) is 0. The number of aromatic nitrogens is 4. The third-order valence-corrected chi connectivity index (χ3v) is 4.28. The fourth-order valence-corrected chi connectivity index (χ4v) is 2.22. The van der Waals surface area contributed by atoms with Crippen LogP contribution in [-0.2, 0) is 0 Å².